The second kappa shape index (κ2) is 4.86. The molecular weight excluding hydrogens is 182 g/mol. The third-order valence-corrected chi connectivity index (χ3v) is 5.15. The van der Waals surface area contributed by atoms with Gasteiger partial charge in [-0.1, -0.05) is 34.6 Å². The second-order valence-electron chi connectivity index (χ2n) is 6.30. The number of rotatable bonds is 5. The zero-order valence-electron chi connectivity index (χ0n) is 12.3. The summed E-state index contributed by atoms with van der Waals surface area (Å²) >= 11 is 0. The van der Waals surface area contributed by atoms with Crippen molar-refractivity contribution >= 4 is 0 Å². The molecule has 1 atom stereocenters. The van der Waals surface area contributed by atoms with Gasteiger partial charge in [0.1, 0.15) is 0 Å². The summed E-state index contributed by atoms with van der Waals surface area (Å²) in [6.45, 7) is 18.8. The Morgan fingerprint density at radius 1 is 1.00 bits per heavy atom. The van der Waals surface area contributed by atoms with Crippen LogP contribution in [0.15, 0.2) is 0 Å². The van der Waals surface area contributed by atoms with Gasteiger partial charge in [-0.05, 0) is 45.6 Å². The highest BCUT2D eigenvalue weighted by molar-refractivity contribution is 4.96. The van der Waals surface area contributed by atoms with Crippen LogP contribution in [0.25, 0.3) is 0 Å². The summed E-state index contributed by atoms with van der Waals surface area (Å²) in [5.41, 5.74) is 0.557. The van der Waals surface area contributed by atoms with E-state index in [4.69, 9.17) is 0 Å². The topological polar surface area (TPSA) is 3.24 Å². The number of nitrogens with zero attached hydrogens (tertiary/aromatic N) is 1. The van der Waals surface area contributed by atoms with Crippen LogP contribution in [-0.2, 0) is 0 Å². The first-order valence-corrected chi connectivity index (χ1v) is 6.32. The molecule has 92 valence electrons. The average Bonchev–Trinajstić information content (AvgIpc) is 2.14. The van der Waals surface area contributed by atoms with E-state index >= 15 is 0 Å². The Morgan fingerprint density at radius 3 is 1.67 bits per heavy atom. The lowest BCUT2D eigenvalue weighted by Gasteiger charge is -2.52. The molecule has 1 unspecified atom stereocenters. The molecule has 0 saturated heterocycles. The first kappa shape index (κ1) is 15.0. The molecule has 0 aromatic carbocycles. The Morgan fingerprint density at radius 2 is 1.40 bits per heavy atom. The predicted molar refractivity (Wildman–Crippen MR) is 70.2 cm³/mol. The van der Waals surface area contributed by atoms with Crippen molar-refractivity contribution in [2.75, 3.05) is 7.05 Å². The standard InChI is InChI=1S/C14H31N/c1-10-12(4)15(9)14(7,8)13(5,6)11(2)3/h11-12H,10H2,1-9H3. The van der Waals surface area contributed by atoms with Gasteiger partial charge in [-0.15, -0.1) is 0 Å². The average molecular weight is 213 g/mol. The van der Waals surface area contributed by atoms with Gasteiger partial charge in [0, 0.05) is 11.6 Å². The quantitative estimate of drug-likeness (QED) is 0.662. The molecule has 0 radical (unpaired) electrons. The van der Waals surface area contributed by atoms with Crippen LogP contribution in [0.2, 0.25) is 0 Å². The van der Waals surface area contributed by atoms with E-state index in [1.807, 2.05) is 0 Å². The molecule has 0 spiro atoms. The van der Waals surface area contributed by atoms with Gasteiger partial charge in [0.05, 0.1) is 0 Å². The second-order valence-corrected chi connectivity index (χ2v) is 6.30. The molecule has 15 heavy (non-hydrogen) atoms. The fraction of sp³-hybridized carbons (Fsp3) is 1.00. The summed E-state index contributed by atoms with van der Waals surface area (Å²) in [4.78, 5) is 2.53. The Hall–Kier alpha value is -0.0400. The van der Waals surface area contributed by atoms with E-state index in [0.29, 0.717) is 17.4 Å². The van der Waals surface area contributed by atoms with Gasteiger partial charge in [-0.2, -0.15) is 0 Å². The van der Waals surface area contributed by atoms with Gasteiger partial charge in [-0.3, -0.25) is 4.90 Å². The smallest absolute Gasteiger partial charge is 0.0206 e. The summed E-state index contributed by atoms with van der Waals surface area (Å²) in [6.07, 6.45) is 1.22. The summed E-state index contributed by atoms with van der Waals surface area (Å²) in [5.74, 6) is 0.694. The predicted octanol–water partition coefficient (Wildman–Crippen LogP) is 4.18. The van der Waals surface area contributed by atoms with E-state index in [1.54, 1.807) is 0 Å². The van der Waals surface area contributed by atoms with E-state index in [2.05, 4.69) is 67.3 Å². The van der Waals surface area contributed by atoms with Crippen LogP contribution in [0.1, 0.15) is 61.8 Å². The molecular formula is C14H31N. The van der Waals surface area contributed by atoms with E-state index in [9.17, 15) is 0 Å². The summed E-state index contributed by atoms with van der Waals surface area (Å²) in [6, 6.07) is 0.651. The van der Waals surface area contributed by atoms with Crippen molar-refractivity contribution in [3.8, 4) is 0 Å². The van der Waals surface area contributed by atoms with E-state index in [0.717, 1.165) is 0 Å². The molecule has 0 aromatic heterocycles. The molecule has 0 aliphatic heterocycles. The van der Waals surface area contributed by atoms with Crippen molar-refractivity contribution in [2.45, 2.75) is 73.4 Å². The van der Waals surface area contributed by atoms with Crippen molar-refractivity contribution in [2.24, 2.45) is 11.3 Å². The number of hydrogen-bond acceptors (Lipinski definition) is 1. The molecule has 0 saturated carbocycles. The SMILES string of the molecule is CCC(C)N(C)C(C)(C)C(C)(C)C(C)C. The van der Waals surface area contributed by atoms with Crippen LogP contribution in [0, 0.1) is 11.3 Å². The van der Waals surface area contributed by atoms with Crippen LogP contribution >= 0.6 is 0 Å². The lowest BCUT2D eigenvalue weighted by Crippen LogP contribution is -2.57. The lowest BCUT2D eigenvalue weighted by molar-refractivity contribution is -0.0230. The van der Waals surface area contributed by atoms with E-state index in [1.165, 1.54) is 6.42 Å². The number of hydrogen-bond donors (Lipinski definition) is 0. The van der Waals surface area contributed by atoms with Gasteiger partial charge in [-0.25, -0.2) is 0 Å². The molecule has 0 amide bonds. The Labute approximate surface area is 97.2 Å². The zero-order chi connectivity index (χ0) is 12.4. The minimum absolute atomic E-state index is 0.233. The largest absolute Gasteiger partial charge is 0.298 e. The Kier molecular flexibility index (Phi) is 4.85. The first-order chi connectivity index (χ1) is 6.59. The van der Waals surface area contributed by atoms with Gasteiger partial charge >= 0.3 is 0 Å². The van der Waals surface area contributed by atoms with Crippen LogP contribution in [0.5, 0.6) is 0 Å². The fourth-order valence-corrected chi connectivity index (χ4v) is 1.99. The maximum atomic E-state index is 2.53. The molecule has 0 aliphatic carbocycles. The monoisotopic (exact) mass is 213 g/mol. The maximum absolute atomic E-state index is 2.53. The molecule has 0 rings (SSSR count). The molecule has 0 fully saturated rings. The summed E-state index contributed by atoms with van der Waals surface area (Å²) < 4.78 is 0. The van der Waals surface area contributed by atoms with Crippen LogP contribution in [0.3, 0.4) is 0 Å². The van der Waals surface area contributed by atoms with Gasteiger partial charge in [0.2, 0.25) is 0 Å². The van der Waals surface area contributed by atoms with Crippen molar-refractivity contribution in [3.05, 3.63) is 0 Å². The first-order valence-electron chi connectivity index (χ1n) is 6.32. The van der Waals surface area contributed by atoms with E-state index < -0.39 is 0 Å². The normalized spacial score (nSPS) is 16.2. The molecule has 0 aromatic rings. The highest BCUT2D eigenvalue weighted by Gasteiger charge is 2.43. The third-order valence-electron chi connectivity index (χ3n) is 5.15. The molecule has 1 heteroatoms. The van der Waals surface area contributed by atoms with Gasteiger partial charge in [0.15, 0.2) is 0 Å². The molecule has 0 bridgehead atoms. The maximum Gasteiger partial charge on any atom is 0.0206 e. The van der Waals surface area contributed by atoms with Crippen molar-refractivity contribution in [1.29, 1.82) is 0 Å². The third kappa shape index (κ3) is 2.75. The molecule has 0 N–H and O–H groups in total. The highest BCUT2D eigenvalue weighted by Crippen LogP contribution is 2.42. The zero-order valence-corrected chi connectivity index (χ0v) is 12.3. The minimum Gasteiger partial charge on any atom is -0.298 e. The van der Waals surface area contributed by atoms with Gasteiger partial charge < -0.3 is 0 Å². The van der Waals surface area contributed by atoms with Crippen LogP contribution in [0.4, 0.5) is 0 Å². The summed E-state index contributed by atoms with van der Waals surface area (Å²) in [5, 5.41) is 0. The van der Waals surface area contributed by atoms with Crippen LogP contribution in [-0.4, -0.2) is 23.5 Å². The van der Waals surface area contributed by atoms with E-state index in [-0.39, 0.29) is 5.54 Å². The summed E-state index contributed by atoms with van der Waals surface area (Å²) in [7, 11) is 2.26. The fourth-order valence-electron chi connectivity index (χ4n) is 1.99. The van der Waals surface area contributed by atoms with Crippen molar-refractivity contribution in [1.82, 2.24) is 4.90 Å². The Bertz CT molecular complexity index is 192. The Balaban J connectivity index is 4.95. The molecule has 0 aliphatic rings. The minimum atomic E-state index is 0.233. The lowest BCUT2D eigenvalue weighted by atomic mass is 9.66. The van der Waals surface area contributed by atoms with Crippen molar-refractivity contribution in [3.63, 3.8) is 0 Å². The highest BCUT2D eigenvalue weighted by atomic mass is 15.2. The van der Waals surface area contributed by atoms with Crippen molar-refractivity contribution < 1.29 is 0 Å². The van der Waals surface area contributed by atoms with Crippen LogP contribution < -0.4 is 0 Å². The van der Waals surface area contributed by atoms with Gasteiger partial charge in [0.25, 0.3) is 0 Å². The molecule has 0 heterocycles. The molecule has 1 nitrogen and oxygen atoms in total.